The van der Waals surface area contributed by atoms with Gasteiger partial charge in [0.05, 0.1) is 13.7 Å². The minimum atomic E-state index is 0.760. The van der Waals surface area contributed by atoms with Gasteiger partial charge in [0, 0.05) is 0 Å². The van der Waals surface area contributed by atoms with Crippen LogP contribution in [-0.4, -0.2) is 13.7 Å². The number of ether oxygens (including phenoxy) is 2. The van der Waals surface area contributed by atoms with Gasteiger partial charge in [-0.2, -0.15) is 0 Å². The van der Waals surface area contributed by atoms with Crippen molar-refractivity contribution in [2.45, 2.75) is 26.7 Å². The lowest BCUT2D eigenvalue weighted by molar-refractivity contribution is 0.288. The number of hydrogen-bond acceptors (Lipinski definition) is 2. The van der Waals surface area contributed by atoms with Gasteiger partial charge in [-0.3, -0.25) is 0 Å². The zero-order valence-electron chi connectivity index (χ0n) is 9.17. The van der Waals surface area contributed by atoms with Gasteiger partial charge in [0.1, 0.15) is 0 Å². The summed E-state index contributed by atoms with van der Waals surface area (Å²) in [4.78, 5) is 0. The largest absolute Gasteiger partial charge is 0.493 e. The first-order valence-corrected chi connectivity index (χ1v) is 5.05. The third-order valence-electron chi connectivity index (χ3n) is 2.07. The molecule has 0 aromatic heterocycles. The molecule has 0 fully saturated rings. The lowest BCUT2D eigenvalue weighted by Crippen LogP contribution is -1.98. The number of rotatable bonds is 5. The molecule has 0 aliphatic heterocycles. The summed E-state index contributed by atoms with van der Waals surface area (Å²) in [6, 6.07) is 5.98. The van der Waals surface area contributed by atoms with Crippen LogP contribution in [0.5, 0.6) is 11.5 Å². The SMILES string of the molecule is CCCCOc1ccc(C)cc1OC. The standard InChI is InChI=1S/C12H18O2/c1-4-5-8-14-11-7-6-10(2)9-12(11)13-3/h6-7,9H,4-5,8H2,1-3H3. The highest BCUT2D eigenvalue weighted by molar-refractivity contribution is 5.42. The first-order chi connectivity index (χ1) is 6.77. The molecule has 0 atom stereocenters. The van der Waals surface area contributed by atoms with Crippen LogP contribution >= 0.6 is 0 Å². The fourth-order valence-corrected chi connectivity index (χ4v) is 1.22. The van der Waals surface area contributed by atoms with Crippen molar-refractivity contribution < 1.29 is 9.47 Å². The highest BCUT2D eigenvalue weighted by Crippen LogP contribution is 2.27. The lowest BCUT2D eigenvalue weighted by Gasteiger charge is -2.10. The van der Waals surface area contributed by atoms with Crippen LogP contribution in [0, 0.1) is 6.92 Å². The van der Waals surface area contributed by atoms with Gasteiger partial charge in [-0.25, -0.2) is 0 Å². The molecule has 0 aliphatic rings. The normalized spacial score (nSPS) is 9.93. The van der Waals surface area contributed by atoms with E-state index in [1.165, 1.54) is 5.56 Å². The Hall–Kier alpha value is -1.18. The summed E-state index contributed by atoms with van der Waals surface area (Å²) in [5.41, 5.74) is 1.18. The number of methoxy groups -OCH3 is 1. The monoisotopic (exact) mass is 194 g/mol. The summed E-state index contributed by atoms with van der Waals surface area (Å²) in [5.74, 6) is 1.66. The minimum absolute atomic E-state index is 0.760. The van der Waals surface area contributed by atoms with Gasteiger partial charge in [0.25, 0.3) is 0 Å². The molecule has 0 saturated carbocycles. The van der Waals surface area contributed by atoms with Crippen LogP contribution in [0.4, 0.5) is 0 Å². The molecule has 14 heavy (non-hydrogen) atoms. The Bertz CT molecular complexity index is 282. The van der Waals surface area contributed by atoms with Gasteiger partial charge < -0.3 is 9.47 Å². The summed E-state index contributed by atoms with van der Waals surface area (Å²) in [6.07, 6.45) is 2.23. The maximum Gasteiger partial charge on any atom is 0.161 e. The van der Waals surface area contributed by atoms with Gasteiger partial charge >= 0.3 is 0 Å². The maximum absolute atomic E-state index is 5.60. The van der Waals surface area contributed by atoms with Crippen molar-refractivity contribution in [1.82, 2.24) is 0 Å². The van der Waals surface area contributed by atoms with Crippen molar-refractivity contribution in [2.24, 2.45) is 0 Å². The van der Waals surface area contributed by atoms with E-state index < -0.39 is 0 Å². The second kappa shape index (κ2) is 5.53. The average Bonchev–Trinajstić information content (AvgIpc) is 2.20. The van der Waals surface area contributed by atoms with Crippen LogP contribution in [0.15, 0.2) is 18.2 Å². The highest BCUT2D eigenvalue weighted by Gasteiger charge is 2.03. The van der Waals surface area contributed by atoms with Crippen molar-refractivity contribution in [3.05, 3.63) is 23.8 Å². The third kappa shape index (κ3) is 2.95. The van der Waals surface area contributed by atoms with Gasteiger partial charge in [0.15, 0.2) is 11.5 Å². The van der Waals surface area contributed by atoms with Crippen LogP contribution in [0.1, 0.15) is 25.3 Å². The van der Waals surface area contributed by atoms with Gasteiger partial charge in [-0.1, -0.05) is 19.4 Å². The van der Waals surface area contributed by atoms with E-state index in [0.717, 1.165) is 30.9 Å². The summed E-state index contributed by atoms with van der Waals surface area (Å²) >= 11 is 0. The molecule has 0 radical (unpaired) electrons. The molecule has 1 aromatic rings. The highest BCUT2D eigenvalue weighted by atomic mass is 16.5. The number of benzene rings is 1. The van der Waals surface area contributed by atoms with E-state index in [-0.39, 0.29) is 0 Å². The first-order valence-electron chi connectivity index (χ1n) is 5.05. The molecule has 2 nitrogen and oxygen atoms in total. The second-order valence-corrected chi connectivity index (χ2v) is 3.36. The van der Waals surface area contributed by atoms with Crippen molar-refractivity contribution >= 4 is 0 Å². The van der Waals surface area contributed by atoms with Crippen LogP contribution in [-0.2, 0) is 0 Å². The van der Waals surface area contributed by atoms with Crippen molar-refractivity contribution in [2.75, 3.05) is 13.7 Å². The Morgan fingerprint density at radius 3 is 2.64 bits per heavy atom. The first kappa shape index (κ1) is 10.9. The molecule has 0 spiro atoms. The molecule has 0 saturated heterocycles. The molecule has 0 heterocycles. The summed E-state index contributed by atoms with van der Waals surface area (Å²) in [6.45, 7) is 4.95. The molecule has 0 unspecified atom stereocenters. The fraction of sp³-hybridized carbons (Fsp3) is 0.500. The summed E-state index contributed by atoms with van der Waals surface area (Å²) in [7, 11) is 1.67. The molecule has 2 heteroatoms. The second-order valence-electron chi connectivity index (χ2n) is 3.36. The van der Waals surface area contributed by atoms with E-state index in [4.69, 9.17) is 9.47 Å². The molecular formula is C12H18O2. The number of unbranched alkanes of at least 4 members (excludes halogenated alkanes) is 1. The topological polar surface area (TPSA) is 18.5 Å². The average molecular weight is 194 g/mol. The van der Waals surface area contributed by atoms with Gasteiger partial charge in [0.2, 0.25) is 0 Å². The molecule has 78 valence electrons. The number of aryl methyl sites for hydroxylation is 1. The Kier molecular flexibility index (Phi) is 4.30. The molecule has 0 N–H and O–H groups in total. The van der Waals surface area contributed by atoms with Crippen molar-refractivity contribution in [1.29, 1.82) is 0 Å². The Morgan fingerprint density at radius 1 is 1.21 bits per heavy atom. The molecule has 1 aromatic carbocycles. The van der Waals surface area contributed by atoms with Crippen LogP contribution in [0.2, 0.25) is 0 Å². The Labute approximate surface area is 85.8 Å². The molecule has 0 amide bonds. The predicted octanol–water partition coefficient (Wildman–Crippen LogP) is 3.18. The van der Waals surface area contributed by atoms with Gasteiger partial charge in [-0.05, 0) is 31.0 Å². The minimum Gasteiger partial charge on any atom is -0.493 e. The molecular weight excluding hydrogens is 176 g/mol. The zero-order chi connectivity index (χ0) is 10.4. The maximum atomic E-state index is 5.60. The summed E-state index contributed by atoms with van der Waals surface area (Å²) < 4.78 is 10.8. The van der Waals surface area contributed by atoms with Crippen molar-refractivity contribution in [3.63, 3.8) is 0 Å². The quantitative estimate of drug-likeness (QED) is 0.670. The van der Waals surface area contributed by atoms with E-state index >= 15 is 0 Å². The van der Waals surface area contributed by atoms with E-state index in [0.29, 0.717) is 0 Å². The smallest absolute Gasteiger partial charge is 0.161 e. The van der Waals surface area contributed by atoms with Crippen LogP contribution < -0.4 is 9.47 Å². The number of hydrogen-bond donors (Lipinski definition) is 0. The lowest BCUT2D eigenvalue weighted by atomic mass is 10.2. The van der Waals surface area contributed by atoms with E-state index in [2.05, 4.69) is 6.92 Å². The van der Waals surface area contributed by atoms with Gasteiger partial charge in [-0.15, -0.1) is 0 Å². The molecule has 0 aliphatic carbocycles. The molecule has 1 rings (SSSR count). The predicted molar refractivity (Wildman–Crippen MR) is 58.1 cm³/mol. The van der Waals surface area contributed by atoms with E-state index in [9.17, 15) is 0 Å². The zero-order valence-corrected chi connectivity index (χ0v) is 9.17. The van der Waals surface area contributed by atoms with E-state index in [1.54, 1.807) is 7.11 Å². The Morgan fingerprint density at radius 2 is 2.00 bits per heavy atom. The van der Waals surface area contributed by atoms with E-state index in [1.807, 2.05) is 25.1 Å². The summed E-state index contributed by atoms with van der Waals surface area (Å²) in [5, 5.41) is 0. The van der Waals surface area contributed by atoms with Crippen LogP contribution in [0.3, 0.4) is 0 Å². The fourth-order valence-electron chi connectivity index (χ4n) is 1.22. The van der Waals surface area contributed by atoms with Crippen molar-refractivity contribution in [3.8, 4) is 11.5 Å². The Balaban J connectivity index is 2.65. The molecule has 0 bridgehead atoms. The van der Waals surface area contributed by atoms with Crippen LogP contribution in [0.25, 0.3) is 0 Å². The third-order valence-corrected chi connectivity index (χ3v) is 2.07.